The van der Waals surface area contributed by atoms with Crippen LogP contribution < -0.4 is 10.6 Å². The van der Waals surface area contributed by atoms with E-state index in [1.165, 1.54) is 6.20 Å². The molecule has 0 aliphatic rings. The molecule has 2 N–H and O–H groups in total. The van der Waals surface area contributed by atoms with Crippen molar-refractivity contribution in [2.24, 2.45) is 0 Å². The Morgan fingerprint density at radius 2 is 2.33 bits per heavy atom. The molecule has 0 spiro atoms. The Hall–Kier alpha value is -2.04. The largest absolute Gasteiger partial charge is 0.467 e. The number of nitrogens with zero attached hydrogens (tertiary/aromatic N) is 3. The van der Waals surface area contributed by atoms with Gasteiger partial charge in [-0.1, -0.05) is 0 Å². The molecule has 0 amide bonds. The molecule has 2 aromatic rings. The maximum absolute atomic E-state index is 5.55. The third kappa shape index (κ3) is 2.25. The van der Waals surface area contributed by atoms with E-state index in [1.54, 1.807) is 12.5 Å². The average molecular weight is 204 g/mol. The number of anilines is 2. The van der Waals surface area contributed by atoms with Crippen molar-refractivity contribution >= 4 is 11.6 Å². The van der Waals surface area contributed by atoms with Gasteiger partial charge in [-0.05, 0) is 12.1 Å². The minimum atomic E-state index is 0.416. The van der Waals surface area contributed by atoms with Crippen molar-refractivity contribution in [3.8, 4) is 0 Å². The molecule has 0 saturated carbocycles. The van der Waals surface area contributed by atoms with Gasteiger partial charge in [-0.3, -0.25) is 4.98 Å². The van der Waals surface area contributed by atoms with Crippen LogP contribution in [0.1, 0.15) is 5.76 Å². The van der Waals surface area contributed by atoms with Crippen molar-refractivity contribution in [3.63, 3.8) is 0 Å². The highest BCUT2D eigenvalue weighted by Crippen LogP contribution is 2.12. The normalized spacial score (nSPS) is 10.2. The lowest BCUT2D eigenvalue weighted by molar-refractivity contribution is 0.507. The lowest BCUT2D eigenvalue weighted by atomic mass is 10.4. The molecule has 0 aliphatic heterocycles. The maximum atomic E-state index is 5.55. The third-order valence-electron chi connectivity index (χ3n) is 2.00. The minimum Gasteiger partial charge on any atom is -0.467 e. The van der Waals surface area contributed by atoms with Crippen molar-refractivity contribution in [3.05, 3.63) is 36.5 Å². The predicted octanol–water partition coefficient (Wildman–Crippen LogP) is 1.29. The molecule has 0 radical (unpaired) electrons. The van der Waals surface area contributed by atoms with Gasteiger partial charge in [0.25, 0.3) is 0 Å². The standard InChI is InChI=1S/C10H12N4O/c1-14(7-8-3-2-4-15-8)10-6-12-5-9(11)13-10/h2-6H,7H2,1H3,(H2,11,13). The molecule has 2 aromatic heterocycles. The molecular weight excluding hydrogens is 192 g/mol. The molecule has 78 valence electrons. The van der Waals surface area contributed by atoms with Crippen LogP contribution in [0.3, 0.4) is 0 Å². The predicted molar refractivity (Wildman–Crippen MR) is 57.3 cm³/mol. The quantitative estimate of drug-likeness (QED) is 0.815. The van der Waals surface area contributed by atoms with E-state index in [9.17, 15) is 0 Å². The van der Waals surface area contributed by atoms with Crippen molar-refractivity contribution in [1.82, 2.24) is 9.97 Å². The van der Waals surface area contributed by atoms with Gasteiger partial charge in [-0.2, -0.15) is 0 Å². The molecule has 0 bridgehead atoms. The van der Waals surface area contributed by atoms with E-state index in [-0.39, 0.29) is 0 Å². The van der Waals surface area contributed by atoms with Crippen LogP contribution in [0, 0.1) is 0 Å². The van der Waals surface area contributed by atoms with E-state index >= 15 is 0 Å². The van der Waals surface area contributed by atoms with Gasteiger partial charge in [-0.15, -0.1) is 0 Å². The number of furan rings is 1. The van der Waals surface area contributed by atoms with Crippen LogP contribution in [0.4, 0.5) is 11.6 Å². The summed E-state index contributed by atoms with van der Waals surface area (Å²) in [5.74, 6) is 2.02. The Bertz CT molecular complexity index is 427. The van der Waals surface area contributed by atoms with Crippen LogP contribution in [0.25, 0.3) is 0 Å². The summed E-state index contributed by atoms with van der Waals surface area (Å²) in [5.41, 5.74) is 5.55. The summed E-state index contributed by atoms with van der Waals surface area (Å²) in [5, 5.41) is 0. The fourth-order valence-corrected chi connectivity index (χ4v) is 1.27. The second-order valence-corrected chi connectivity index (χ2v) is 3.24. The second-order valence-electron chi connectivity index (χ2n) is 3.24. The van der Waals surface area contributed by atoms with Gasteiger partial charge in [0.2, 0.25) is 0 Å². The molecule has 0 atom stereocenters. The molecular formula is C10H12N4O. The topological polar surface area (TPSA) is 68.2 Å². The van der Waals surface area contributed by atoms with Gasteiger partial charge < -0.3 is 15.1 Å². The van der Waals surface area contributed by atoms with Crippen molar-refractivity contribution < 1.29 is 4.42 Å². The van der Waals surface area contributed by atoms with E-state index in [1.807, 2.05) is 24.1 Å². The molecule has 5 nitrogen and oxygen atoms in total. The summed E-state index contributed by atoms with van der Waals surface area (Å²) in [4.78, 5) is 10.0. The summed E-state index contributed by atoms with van der Waals surface area (Å²) in [7, 11) is 1.91. The number of hydrogen-bond acceptors (Lipinski definition) is 5. The highest BCUT2D eigenvalue weighted by atomic mass is 16.3. The summed E-state index contributed by atoms with van der Waals surface area (Å²) < 4.78 is 5.23. The first-order valence-corrected chi connectivity index (χ1v) is 4.57. The highest BCUT2D eigenvalue weighted by Gasteiger charge is 2.05. The fraction of sp³-hybridized carbons (Fsp3) is 0.200. The molecule has 5 heteroatoms. The Kier molecular flexibility index (Phi) is 2.53. The minimum absolute atomic E-state index is 0.416. The average Bonchev–Trinajstić information content (AvgIpc) is 2.70. The Balaban J connectivity index is 2.11. The first-order valence-electron chi connectivity index (χ1n) is 4.57. The monoisotopic (exact) mass is 204 g/mol. The molecule has 0 aromatic carbocycles. The van der Waals surface area contributed by atoms with Gasteiger partial charge in [0.05, 0.1) is 25.2 Å². The molecule has 2 heterocycles. The third-order valence-corrected chi connectivity index (χ3v) is 2.00. The lowest BCUT2D eigenvalue weighted by Crippen LogP contribution is -2.17. The SMILES string of the molecule is CN(Cc1ccco1)c1cncc(N)n1. The number of hydrogen-bond donors (Lipinski definition) is 1. The molecule has 15 heavy (non-hydrogen) atoms. The van der Waals surface area contributed by atoms with E-state index < -0.39 is 0 Å². The summed E-state index contributed by atoms with van der Waals surface area (Å²) in [6, 6.07) is 3.77. The zero-order chi connectivity index (χ0) is 10.7. The van der Waals surface area contributed by atoms with E-state index in [0.717, 1.165) is 11.6 Å². The van der Waals surface area contributed by atoms with Crippen LogP contribution in [0.5, 0.6) is 0 Å². The summed E-state index contributed by atoms with van der Waals surface area (Å²) in [6.45, 7) is 0.644. The fourth-order valence-electron chi connectivity index (χ4n) is 1.27. The molecule has 2 rings (SSSR count). The molecule has 0 fully saturated rings. The van der Waals surface area contributed by atoms with E-state index in [2.05, 4.69) is 9.97 Å². The first kappa shape index (κ1) is 9.51. The van der Waals surface area contributed by atoms with Crippen LogP contribution in [0.15, 0.2) is 35.2 Å². The number of rotatable bonds is 3. The molecule has 0 aliphatic carbocycles. The Morgan fingerprint density at radius 3 is 3.00 bits per heavy atom. The zero-order valence-corrected chi connectivity index (χ0v) is 8.42. The van der Waals surface area contributed by atoms with Gasteiger partial charge in [0.15, 0.2) is 0 Å². The summed E-state index contributed by atoms with van der Waals surface area (Å²) in [6.07, 6.45) is 4.83. The number of nitrogens with two attached hydrogens (primary N) is 1. The van der Waals surface area contributed by atoms with Gasteiger partial charge >= 0.3 is 0 Å². The van der Waals surface area contributed by atoms with Gasteiger partial charge in [0, 0.05) is 7.05 Å². The van der Waals surface area contributed by atoms with Crippen molar-refractivity contribution in [2.45, 2.75) is 6.54 Å². The van der Waals surface area contributed by atoms with E-state index in [0.29, 0.717) is 12.4 Å². The first-order chi connectivity index (χ1) is 7.25. The second kappa shape index (κ2) is 4.00. The summed E-state index contributed by atoms with van der Waals surface area (Å²) >= 11 is 0. The number of aromatic nitrogens is 2. The van der Waals surface area contributed by atoms with Gasteiger partial charge in [-0.25, -0.2) is 4.98 Å². The van der Waals surface area contributed by atoms with Crippen molar-refractivity contribution in [2.75, 3.05) is 17.7 Å². The zero-order valence-electron chi connectivity index (χ0n) is 8.42. The maximum Gasteiger partial charge on any atom is 0.149 e. The van der Waals surface area contributed by atoms with E-state index in [4.69, 9.17) is 10.2 Å². The van der Waals surface area contributed by atoms with Crippen molar-refractivity contribution in [1.29, 1.82) is 0 Å². The Labute approximate surface area is 87.6 Å². The van der Waals surface area contributed by atoms with Crippen LogP contribution in [-0.4, -0.2) is 17.0 Å². The van der Waals surface area contributed by atoms with Crippen LogP contribution in [0.2, 0.25) is 0 Å². The Morgan fingerprint density at radius 1 is 1.47 bits per heavy atom. The number of nitrogen functional groups attached to an aromatic ring is 1. The smallest absolute Gasteiger partial charge is 0.149 e. The molecule has 0 saturated heterocycles. The highest BCUT2D eigenvalue weighted by molar-refractivity contribution is 5.40. The van der Waals surface area contributed by atoms with Crippen LogP contribution in [-0.2, 0) is 6.54 Å². The van der Waals surface area contributed by atoms with Gasteiger partial charge in [0.1, 0.15) is 17.4 Å². The van der Waals surface area contributed by atoms with Crippen LogP contribution >= 0.6 is 0 Å². The molecule has 0 unspecified atom stereocenters. The lowest BCUT2D eigenvalue weighted by Gasteiger charge is -2.15.